The van der Waals surface area contributed by atoms with Gasteiger partial charge in [-0.3, -0.25) is 0 Å². The fourth-order valence-electron chi connectivity index (χ4n) is 1.96. The molecule has 0 amide bonds. The Hall–Kier alpha value is -1.23. The molecule has 0 aliphatic heterocycles. The standard InChI is InChI=1S/C16H24ClNO3/c1-5-12(11-18-6-7-19-2)8-13-9-14(17)16(21-4)15(10-13)20-3/h8-10,18H,5-7,11H2,1-4H3. The molecule has 1 rings (SSSR count). The van der Waals surface area contributed by atoms with Gasteiger partial charge in [0.25, 0.3) is 0 Å². The molecule has 0 heterocycles. The molecule has 0 saturated carbocycles. The Morgan fingerprint density at radius 2 is 2.00 bits per heavy atom. The van der Waals surface area contributed by atoms with Gasteiger partial charge in [-0.05, 0) is 24.1 Å². The van der Waals surface area contributed by atoms with E-state index in [1.165, 1.54) is 5.57 Å². The molecule has 1 aromatic carbocycles. The first-order valence-corrected chi connectivity index (χ1v) is 7.34. The number of benzene rings is 1. The second-order valence-corrected chi connectivity index (χ2v) is 4.97. The fraction of sp³-hybridized carbons (Fsp3) is 0.500. The van der Waals surface area contributed by atoms with Crippen LogP contribution in [0.2, 0.25) is 5.02 Å². The van der Waals surface area contributed by atoms with Crippen molar-refractivity contribution in [3.8, 4) is 11.5 Å². The van der Waals surface area contributed by atoms with Gasteiger partial charge in [0.2, 0.25) is 0 Å². The number of hydrogen-bond acceptors (Lipinski definition) is 4. The molecular formula is C16H24ClNO3. The number of halogens is 1. The Balaban J connectivity index is 2.87. The summed E-state index contributed by atoms with van der Waals surface area (Å²) in [6, 6.07) is 3.81. The topological polar surface area (TPSA) is 39.7 Å². The van der Waals surface area contributed by atoms with E-state index >= 15 is 0 Å². The van der Waals surface area contributed by atoms with Crippen LogP contribution in [-0.2, 0) is 4.74 Å². The first-order chi connectivity index (χ1) is 10.2. The van der Waals surface area contributed by atoms with E-state index in [9.17, 15) is 0 Å². The first kappa shape index (κ1) is 17.8. The molecule has 0 spiro atoms. The Morgan fingerprint density at radius 1 is 1.24 bits per heavy atom. The summed E-state index contributed by atoms with van der Waals surface area (Å²) in [5.41, 5.74) is 2.29. The van der Waals surface area contributed by atoms with Crippen LogP contribution < -0.4 is 14.8 Å². The highest BCUT2D eigenvalue weighted by Crippen LogP contribution is 2.36. The maximum atomic E-state index is 6.22. The lowest BCUT2D eigenvalue weighted by molar-refractivity contribution is 0.200. The summed E-state index contributed by atoms with van der Waals surface area (Å²) < 4.78 is 15.6. The molecule has 21 heavy (non-hydrogen) atoms. The van der Waals surface area contributed by atoms with Crippen molar-refractivity contribution in [2.45, 2.75) is 13.3 Å². The van der Waals surface area contributed by atoms with Crippen molar-refractivity contribution < 1.29 is 14.2 Å². The molecule has 1 aromatic rings. The maximum Gasteiger partial charge on any atom is 0.179 e. The quantitative estimate of drug-likeness (QED) is 0.709. The minimum absolute atomic E-state index is 0.547. The van der Waals surface area contributed by atoms with Crippen molar-refractivity contribution in [2.75, 3.05) is 41.0 Å². The van der Waals surface area contributed by atoms with E-state index < -0.39 is 0 Å². The highest BCUT2D eigenvalue weighted by atomic mass is 35.5. The number of nitrogens with one attached hydrogen (secondary N) is 1. The van der Waals surface area contributed by atoms with Crippen molar-refractivity contribution in [3.63, 3.8) is 0 Å². The predicted octanol–water partition coefficient (Wildman–Crippen LogP) is 3.39. The molecule has 0 radical (unpaired) electrons. The zero-order chi connectivity index (χ0) is 15.7. The third-order valence-electron chi connectivity index (χ3n) is 3.12. The van der Waals surface area contributed by atoms with E-state index in [-0.39, 0.29) is 0 Å². The van der Waals surface area contributed by atoms with Crippen LogP contribution in [-0.4, -0.2) is 41.0 Å². The fourth-order valence-corrected chi connectivity index (χ4v) is 2.25. The number of hydrogen-bond donors (Lipinski definition) is 1. The second kappa shape index (κ2) is 9.66. The summed E-state index contributed by atoms with van der Waals surface area (Å²) in [5, 5.41) is 3.89. The average molecular weight is 314 g/mol. The molecule has 118 valence electrons. The summed E-state index contributed by atoms with van der Waals surface area (Å²) in [5.74, 6) is 1.20. The summed E-state index contributed by atoms with van der Waals surface area (Å²) in [4.78, 5) is 0. The molecule has 0 fully saturated rings. The molecule has 0 atom stereocenters. The summed E-state index contributed by atoms with van der Waals surface area (Å²) in [7, 11) is 4.88. The zero-order valence-electron chi connectivity index (χ0n) is 13.2. The lowest BCUT2D eigenvalue weighted by Crippen LogP contribution is -2.21. The van der Waals surface area contributed by atoms with Gasteiger partial charge in [-0.15, -0.1) is 0 Å². The molecular weight excluding hydrogens is 290 g/mol. The third kappa shape index (κ3) is 5.58. The zero-order valence-corrected chi connectivity index (χ0v) is 13.9. The van der Waals surface area contributed by atoms with Gasteiger partial charge in [-0.2, -0.15) is 0 Å². The minimum atomic E-state index is 0.547. The van der Waals surface area contributed by atoms with Crippen molar-refractivity contribution in [1.29, 1.82) is 0 Å². The van der Waals surface area contributed by atoms with Gasteiger partial charge >= 0.3 is 0 Å². The molecule has 1 N–H and O–H groups in total. The van der Waals surface area contributed by atoms with Crippen molar-refractivity contribution in [2.24, 2.45) is 0 Å². The van der Waals surface area contributed by atoms with E-state index in [2.05, 4.69) is 18.3 Å². The van der Waals surface area contributed by atoms with Crippen molar-refractivity contribution >= 4 is 17.7 Å². The minimum Gasteiger partial charge on any atom is -0.493 e. The maximum absolute atomic E-state index is 6.22. The molecule has 5 heteroatoms. The molecule has 0 aromatic heterocycles. The van der Waals surface area contributed by atoms with Gasteiger partial charge in [0.05, 0.1) is 25.8 Å². The van der Waals surface area contributed by atoms with Crippen molar-refractivity contribution in [1.82, 2.24) is 5.32 Å². The number of methoxy groups -OCH3 is 3. The monoisotopic (exact) mass is 313 g/mol. The van der Waals surface area contributed by atoms with Crippen LogP contribution in [0.3, 0.4) is 0 Å². The molecule has 0 bridgehead atoms. The highest BCUT2D eigenvalue weighted by Gasteiger charge is 2.10. The largest absolute Gasteiger partial charge is 0.493 e. The summed E-state index contributed by atoms with van der Waals surface area (Å²) in [6.07, 6.45) is 3.08. The van der Waals surface area contributed by atoms with Gasteiger partial charge in [0, 0.05) is 20.2 Å². The van der Waals surface area contributed by atoms with Crippen LogP contribution in [0, 0.1) is 0 Å². The van der Waals surface area contributed by atoms with E-state index in [1.54, 1.807) is 21.3 Å². The third-order valence-corrected chi connectivity index (χ3v) is 3.40. The average Bonchev–Trinajstić information content (AvgIpc) is 2.49. The van der Waals surface area contributed by atoms with Crippen molar-refractivity contribution in [3.05, 3.63) is 28.3 Å². The summed E-state index contributed by atoms with van der Waals surface area (Å²) in [6.45, 7) is 4.50. The van der Waals surface area contributed by atoms with Crippen LogP contribution in [0.5, 0.6) is 11.5 Å². The molecule has 0 aliphatic rings. The normalized spacial score (nSPS) is 11.6. The van der Waals surface area contributed by atoms with E-state index in [0.717, 1.165) is 25.1 Å². The highest BCUT2D eigenvalue weighted by molar-refractivity contribution is 6.32. The SMILES string of the molecule is CCC(=Cc1cc(Cl)c(OC)c(OC)c1)CNCCOC. The number of ether oxygens (including phenoxy) is 3. The Kier molecular flexibility index (Phi) is 8.20. The van der Waals surface area contributed by atoms with Crippen LogP contribution in [0.15, 0.2) is 17.7 Å². The van der Waals surface area contributed by atoms with Gasteiger partial charge in [0.15, 0.2) is 11.5 Å². The Labute approximate surface area is 132 Å². The Bertz CT molecular complexity index is 475. The smallest absolute Gasteiger partial charge is 0.179 e. The molecule has 4 nitrogen and oxygen atoms in total. The lowest BCUT2D eigenvalue weighted by Gasteiger charge is -2.11. The lowest BCUT2D eigenvalue weighted by atomic mass is 10.1. The van der Waals surface area contributed by atoms with Crippen LogP contribution >= 0.6 is 11.6 Å². The van der Waals surface area contributed by atoms with Gasteiger partial charge < -0.3 is 19.5 Å². The van der Waals surface area contributed by atoms with E-state index in [0.29, 0.717) is 23.1 Å². The second-order valence-electron chi connectivity index (χ2n) is 4.56. The Morgan fingerprint density at radius 3 is 2.57 bits per heavy atom. The van der Waals surface area contributed by atoms with E-state index in [1.807, 2.05) is 12.1 Å². The van der Waals surface area contributed by atoms with Gasteiger partial charge in [0.1, 0.15) is 0 Å². The molecule has 0 saturated heterocycles. The van der Waals surface area contributed by atoms with Crippen LogP contribution in [0.25, 0.3) is 6.08 Å². The van der Waals surface area contributed by atoms with Crippen LogP contribution in [0.4, 0.5) is 0 Å². The number of rotatable bonds is 9. The van der Waals surface area contributed by atoms with Gasteiger partial charge in [-0.1, -0.05) is 30.2 Å². The molecule has 0 aliphatic carbocycles. The predicted molar refractivity (Wildman–Crippen MR) is 87.6 cm³/mol. The van der Waals surface area contributed by atoms with Crippen LogP contribution in [0.1, 0.15) is 18.9 Å². The van der Waals surface area contributed by atoms with Gasteiger partial charge in [-0.25, -0.2) is 0 Å². The van der Waals surface area contributed by atoms with E-state index in [4.69, 9.17) is 25.8 Å². The summed E-state index contributed by atoms with van der Waals surface area (Å²) >= 11 is 6.22. The molecule has 0 unspecified atom stereocenters. The first-order valence-electron chi connectivity index (χ1n) is 6.96.